The van der Waals surface area contributed by atoms with Gasteiger partial charge in [0, 0.05) is 25.2 Å². The fraction of sp³-hybridized carbons (Fsp3) is 0.350. The van der Waals surface area contributed by atoms with Crippen LogP contribution >= 0.6 is 0 Å². The third-order valence-corrected chi connectivity index (χ3v) is 4.54. The molecule has 0 atom stereocenters. The molecule has 2 aromatic carbocycles. The standard InChI is InChI=1S/C20H22F2N2O2/c1-26-18-7-3-2-6-14(18)8-9-19(25)23-15-12-16(21)20(17(22)13-15)24-10-4-5-11-24/h2-3,6-7,12-13H,4-5,8-11H2,1H3,(H,23,25). The second-order valence-electron chi connectivity index (χ2n) is 6.34. The van der Waals surface area contributed by atoms with Gasteiger partial charge in [0.2, 0.25) is 5.91 Å². The summed E-state index contributed by atoms with van der Waals surface area (Å²) in [6.45, 7) is 1.30. The summed E-state index contributed by atoms with van der Waals surface area (Å²) in [5.41, 5.74) is 1.04. The van der Waals surface area contributed by atoms with E-state index in [1.165, 1.54) is 12.1 Å². The summed E-state index contributed by atoms with van der Waals surface area (Å²) in [6, 6.07) is 9.80. The van der Waals surface area contributed by atoms with Crippen molar-refractivity contribution in [2.45, 2.75) is 25.7 Å². The van der Waals surface area contributed by atoms with Gasteiger partial charge in [0.1, 0.15) is 11.4 Å². The van der Waals surface area contributed by atoms with Crippen molar-refractivity contribution in [1.82, 2.24) is 0 Å². The molecule has 0 aliphatic carbocycles. The number of amides is 1. The molecule has 6 heteroatoms. The Labute approximate surface area is 151 Å². The van der Waals surface area contributed by atoms with Gasteiger partial charge in [0.15, 0.2) is 11.6 Å². The Morgan fingerprint density at radius 3 is 2.46 bits per heavy atom. The molecule has 1 heterocycles. The van der Waals surface area contributed by atoms with Gasteiger partial charge in [-0.05, 0) is 43.0 Å². The smallest absolute Gasteiger partial charge is 0.224 e. The maximum Gasteiger partial charge on any atom is 0.224 e. The Morgan fingerprint density at radius 1 is 1.15 bits per heavy atom. The van der Waals surface area contributed by atoms with Crippen molar-refractivity contribution in [3.05, 3.63) is 53.6 Å². The molecule has 0 saturated carbocycles. The number of rotatable bonds is 6. The zero-order valence-corrected chi connectivity index (χ0v) is 14.7. The van der Waals surface area contributed by atoms with Gasteiger partial charge in [-0.15, -0.1) is 0 Å². The molecule has 2 aromatic rings. The molecule has 0 bridgehead atoms. The Bertz CT molecular complexity index is 766. The van der Waals surface area contributed by atoms with E-state index in [2.05, 4.69) is 5.32 Å². The van der Waals surface area contributed by atoms with E-state index in [4.69, 9.17) is 4.74 Å². The number of para-hydroxylation sites is 1. The SMILES string of the molecule is COc1ccccc1CCC(=O)Nc1cc(F)c(N2CCCC2)c(F)c1. The molecule has 4 nitrogen and oxygen atoms in total. The topological polar surface area (TPSA) is 41.6 Å². The average Bonchev–Trinajstić information content (AvgIpc) is 3.13. The first-order valence-corrected chi connectivity index (χ1v) is 8.74. The Morgan fingerprint density at radius 2 is 1.81 bits per heavy atom. The summed E-state index contributed by atoms with van der Waals surface area (Å²) >= 11 is 0. The fourth-order valence-electron chi connectivity index (χ4n) is 3.26. The molecule has 0 aromatic heterocycles. The van der Waals surface area contributed by atoms with Crippen molar-refractivity contribution in [3.63, 3.8) is 0 Å². The van der Waals surface area contributed by atoms with Crippen molar-refractivity contribution in [2.24, 2.45) is 0 Å². The number of anilines is 2. The molecule has 26 heavy (non-hydrogen) atoms. The highest BCUT2D eigenvalue weighted by molar-refractivity contribution is 5.91. The lowest BCUT2D eigenvalue weighted by Crippen LogP contribution is -2.21. The number of carbonyl (C=O) groups excluding carboxylic acids is 1. The predicted molar refractivity (Wildman–Crippen MR) is 97.7 cm³/mol. The number of benzene rings is 2. The second kappa shape index (κ2) is 8.17. The van der Waals surface area contributed by atoms with Crippen LogP contribution in [0.25, 0.3) is 0 Å². The molecular formula is C20H22F2N2O2. The van der Waals surface area contributed by atoms with E-state index in [-0.39, 0.29) is 23.7 Å². The molecule has 0 radical (unpaired) electrons. The van der Waals surface area contributed by atoms with Crippen LogP contribution < -0.4 is 15.0 Å². The van der Waals surface area contributed by atoms with Gasteiger partial charge in [0.05, 0.1) is 7.11 Å². The van der Waals surface area contributed by atoms with Gasteiger partial charge in [0.25, 0.3) is 0 Å². The summed E-state index contributed by atoms with van der Waals surface area (Å²) in [6.07, 6.45) is 2.53. The summed E-state index contributed by atoms with van der Waals surface area (Å²) in [5, 5.41) is 2.57. The second-order valence-corrected chi connectivity index (χ2v) is 6.34. The van der Waals surface area contributed by atoms with E-state index in [9.17, 15) is 13.6 Å². The quantitative estimate of drug-likeness (QED) is 0.842. The van der Waals surface area contributed by atoms with E-state index in [1.54, 1.807) is 12.0 Å². The van der Waals surface area contributed by atoms with Gasteiger partial charge in [-0.25, -0.2) is 8.78 Å². The summed E-state index contributed by atoms with van der Waals surface area (Å²) in [5.74, 6) is -0.880. The highest BCUT2D eigenvalue weighted by Crippen LogP contribution is 2.29. The Balaban J connectivity index is 1.64. The number of nitrogens with zero attached hydrogens (tertiary/aromatic N) is 1. The third kappa shape index (κ3) is 4.12. The predicted octanol–water partition coefficient (Wildman–Crippen LogP) is 4.14. The van der Waals surface area contributed by atoms with Crippen LogP contribution in [-0.4, -0.2) is 26.1 Å². The van der Waals surface area contributed by atoms with Gasteiger partial charge in [-0.1, -0.05) is 18.2 Å². The minimum absolute atomic E-state index is 0.00507. The molecule has 3 rings (SSSR count). The van der Waals surface area contributed by atoms with Crippen LogP contribution in [0.5, 0.6) is 5.75 Å². The zero-order valence-electron chi connectivity index (χ0n) is 14.7. The van der Waals surface area contributed by atoms with Crippen LogP contribution in [0.4, 0.5) is 20.2 Å². The first-order valence-electron chi connectivity index (χ1n) is 8.74. The number of nitrogens with one attached hydrogen (secondary N) is 1. The molecule has 0 spiro atoms. The third-order valence-electron chi connectivity index (χ3n) is 4.54. The largest absolute Gasteiger partial charge is 0.496 e. The van der Waals surface area contributed by atoms with Crippen molar-refractivity contribution in [3.8, 4) is 5.75 Å². The average molecular weight is 360 g/mol. The minimum atomic E-state index is -0.646. The van der Waals surface area contributed by atoms with Crippen LogP contribution in [0.15, 0.2) is 36.4 Å². The number of halogens is 2. The van der Waals surface area contributed by atoms with Gasteiger partial charge in [-0.3, -0.25) is 4.79 Å². The summed E-state index contributed by atoms with van der Waals surface area (Å²) < 4.78 is 33.9. The number of aryl methyl sites for hydroxylation is 1. The maximum absolute atomic E-state index is 14.3. The number of hydrogen-bond donors (Lipinski definition) is 1. The van der Waals surface area contributed by atoms with Crippen molar-refractivity contribution >= 4 is 17.3 Å². The molecule has 1 aliphatic rings. The van der Waals surface area contributed by atoms with Gasteiger partial charge < -0.3 is 15.0 Å². The molecule has 1 fully saturated rings. The van der Waals surface area contributed by atoms with Crippen molar-refractivity contribution < 1.29 is 18.3 Å². The highest BCUT2D eigenvalue weighted by atomic mass is 19.1. The van der Waals surface area contributed by atoms with Crippen LogP contribution in [-0.2, 0) is 11.2 Å². The Kier molecular flexibility index (Phi) is 5.71. The minimum Gasteiger partial charge on any atom is -0.496 e. The number of methoxy groups -OCH3 is 1. The van der Waals surface area contributed by atoms with E-state index in [0.29, 0.717) is 25.3 Å². The van der Waals surface area contributed by atoms with Crippen LogP contribution in [0.3, 0.4) is 0 Å². The molecule has 0 unspecified atom stereocenters. The number of hydrogen-bond acceptors (Lipinski definition) is 3. The maximum atomic E-state index is 14.3. The van der Waals surface area contributed by atoms with Crippen LogP contribution in [0, 0.1) is 11.6 Å². The van der Waals surface area contributed by atoms with E-state index in [0.717, 1.165) is 18.4 Å². The number of ether oxygens (including phenoxy) is 1. The molecule has 1 N–H and O–H groups in total. The normalized spacial score (nSPS) is 13.7. The molecule has 1 aliphatic heterocycles. The molecular weight excluding hydrogens is 338 g/mol. The van der Waals surface area contributed by atoms with Gasteiger partial charge in [-0.2, -0.15) is 0 Å². The monoisotopic (exact) mass is 360 g/mol. The van der Waals surface area contributed by atoms with Crippen LogP contribution in [0.1, 0.15) is 24.8 Å². The van der Waals surface area contributed by atoms with Crippen LogP contribution in [0.2, 0.25) is 0 Å². The first-order chi connectivity index (χ1) is 12.6. The Hall–Kier alpha value is -2.63. The molecule has 1 saturated heterocycles. The van der Waals surface area contributed by atoms with Crippen molar-refractivity contribution in [2.75, 3.05) is 30.4 Å². The fourth-order valence-corrected chi connectivity index (χ4v) is 3.26. The number of carbonyl (C=O) groups is 1. The summed E-state index contributed by atoms with van der Waals surface area (Å²) in [7, 11) is 1.58. The van der Waals surface area contributed by atoms with Crippen molar-refractivity contribution in [1.29, 1.82) is 0 Å². The zero-order chi connectivity index (χ0) is 18.5. The molecule has 1 amide bonds. The van der Waals surface area contributed by atoms with Gasteiger partial charge >= 0.3 is 0 Å². The lowest BCUT2D eigenvalue weighted by atomic mass is 10.1. The molecule has 138 valence electrons. The first kappa shape index (κ1) is 18.2. The lowest BCUT2D eigenvalue weighted by molar-refractivity contribution is -0.116. The lowest BCUT2D eigenvalue weighted by Gasteiger charge is -2.19. The van der Waals surface area contributed by atoms with E-state index in [1.807, 2.05) is 24.3 Å². The van der Waals surface area contributed by atoms with E-state index >= 15 is 0 Å². The summed E-state index contributed by atoms with van der Waals surface area (Å²) in [4.78, 5) is 13.8. The highest BCUT2D eigenvalue weighted by Gasteiger charge is 2.21. The van der Waals surface area contributed by atoms with E-state index < -0.39 is 11.6 Å².